The van der Waals surface area contributed by atoms with E-state index in [-0.39, 0.29) is 5.41 Å². The molecule has 0 amide bonds. The molecule has 1 fully saturated rings. The molecular formula is C13H18Cl2N2. The van der Waals surface area contributed by atoms with Gasteiger partial charge in [-0.2, -0.15) is 0 Å². The Morgan fingerprint density at radius 1 is 1.35 bits per heavy atom. The number of hydrogen-bond acceptors (Lipinski definition) is 2. The summed E-state index contributed by atoms with van der Waals surface area (Å²) in [5.41, 5.74) is 0.237. The van der Waals surface area contributed by atoms with Gasteiger partial charge in [-0.15, -0.1) is 0 Å². The van der Waals surface area contributed by atoms with Gasteiger partial charge in [0.1, 0.15) is 5.82 Å². The van der Waals surface area contributed by atoms with E-state index in [0.717, 1.165) is 12.4 Å². The van der Waals surface area contributed by atoms with Crippen LogP contribution in [0.3, 0.4) is 0 Å². The van der Waals surface area contributed by atoms with Gasteiger partial charge in [0.05, 0.1) is 10.0 Å². The van der Waals surface area contributed by atoms with Gasteiger partial charge in [-0.3, -0.25) is 0 Å². The van der Waals surface area contributed by atoms with E-state index in [1.807, 2.05) is 0 Å². The smallest absolute Gasteiger partial charge is 0.147 e. The summed E-state index contributed by atoms with van der Waals surface area (Å²) in [6.07, 6.45) is 4.06. The van der Waals surface area contributed by atoms with Gasteiger partial charge < -0.3 is 4.90 Å². The van der Waals surface area contributed by atoms with E-state index in [9.17, 15) is 0 Å². The van der Waals surface area contributed by atoms with Crippen LogP contribution >= 0.6 is 23.2 Å². The van der Waals surface area contributed by atoms with E-state index in [1.165, 1.54) is 12.8 Å². The third-order valence-electron chi connectivity index (χ3n) is 3.31. The Morgan fingerprint density at radius 3 is 2.65 bits per heavy atom. The Kier molecular flexibility index (Phi) is 3.55. The van der Waals surface area contributed by atoms with E-state index >= 15 is 0 Å². The fraction of sp³-hybridized carbons (Fsp3) is 0.615. The molecule has 1 saturated heterocycles. The second-order valence-electron chi connectivity index (χ2n) is 5.68. The first-order chi connectivity index (χ1) is 7.89. The highest BCUT2D eigenvalue weighted by Gasteiger charge is 2.35. The number of rotatable bonds is 1. The Labute approximate surface area is 113 Å². The molecule has 1 aliphatic heterocycles. The molecule has 0 aromatic carbocycles. The number of aromatic nitrogens is 1. The van der Waals surface area contributed by atoms with Crippen molar-refractivity contribution in [3.63, 3.8) is 0 Å². The molecule has 1 atom stereocenters. The molecular weight excluding hydrogens is 255 g/mol. The Bertz CT molecular complexity index is 412. The van der Waals surface area contributed by atoms with E-state index in [4.69, 9.17) is 23.2 Å². The van der Waals surface area contributed by atoms with Crippen molar-refractivity contribution in [1.29, 1.82) is 0 Å². The summed E-state index contributed by atoms with van der Waals surface area (Å²) in [4.78, 5) is 6.70. The first-order valence-electron chi connectivity index (χ1n) is 5.97. The zero-order valence-electron chi connectivity index (χ0n) is 10.5. The zero-order valence-corrected chi connectivity index (χ0v) is 12.0. The molecule has 94 valence electrons. The van der Waals surface area contributed by atoms with Gasteiger partial charge in [-0.1, -0.05) is 44.0 Å². The fourth-order valence-electron chi connectivity index (χ4n) is 2.54. The minimum Gasteiger partial charge on any atom is -0.352 e. The lowest BCUT2D eigenvalue weighted by Gasteiger charge is -2.36. The van der Waals surface area contributed by atoms with Crippen molar-refractivity contribution >= 4 is 29.0 Å². The number of nitrogens with zero attached hydrogens (tertiary/aromatic N) is 2. The molecule has 2 heterocycles. The Hall–Kier alpha value is -0.470. The second-order valence-corrected chi connectivity index (χ2v) is 6.52. The molecule has 0 radical (unpaired) electrons. The topological polar surface area (TPSA) is 16.1 Å². The summed E-state index contributed by atoms with van der Waals surface area (Å²) < 4.78 is 0. The summed E-state index contributed by atoms with van der Waals surface area (Å²) in [6.45, 7) is 7.82. The summed E-state index contributed by atoms with van der Waals surface area (Å²) >= 11 is 12.1. The minimum absolute atomic E-state index is 0.237. The number of pyridine rings is 1. The molecule has 0 saturated carbocycles. The van der Waals surface area contributed by atoms with Crippen LogP contribution in [0.25, 0.3) is 0 Å². The summed E-state index contributed by atoms with van der Waals surface area (Å²) in [6, 6.07) is 2.26. The monoisotopic (exact) mass is 272 g/mol. The largest absolute Gasteiger partial charge is 0.352 e. The van der Waals surface area contributed by atoms with Crippen LogP contribution in [-0.4, -0.2) is 17.6 Å². The van der Waals surface area contributed by atoms with Gasteiger partial charge in [0.15, 0.2) is 0 Å². The van der Waals surface area contributed by atoms with Crippen molar-refractivity contribution in [2.75, 3.05) is 11.4 Å². The molecule has 1 aromatic rings. The van der Waals surface area contributed by atoms with Gasteiger partial charge >= 0.3 is 0 Å². The first-order valence-corrected chi connectivity index (χ1v) is 6.73. The average molecular weight is 273 g/mol. The Balaban J connectivity index is 2.33. The van der Waals surface area contributed by atoms with Gasteiger partial charge in [0.25, 0.3) is 0 Å². The lowest BCUT2D eigenvalue weighted by Crippen LogP contribution is -2.40. The highest BCUT2D eigenvalue weighted by atomic mass is 35.5. The highest BCUT2D eigenvalue weighted by Crippen LogP contribution is 2.38. The van der Waals surface area contributed by atoms with Crippen LogP contribution in [0.15, 0.2) is 12.3 Å². The summed E-state index contributed by atoms with van der Waals surface area (Å²) in [5, 5.41) is 1.24. The van der Waals surface area contributed by atoms with Gasteiger partial charge in [0.2, 0.25) is 0 Å². The van der Waals surface area contributed by atoms with Crippen molar-refractivity contribution in [3.8, 4) is 0 Å². The zero-order chi connectivity index (χ0) is 12.6. The third-order valence-corrected chi connectivity index (χ3v) is 3.80. The molecule has 1 aromatic heterocycles. The fourth-order valence-corrected chi connectivity index (χ4v) is 3.03. The summed E-state index contributed by atoms with van der Waals surface area (Å²) in [7, 11) is 0. The number of halogens is 2. The van der Waals surface area contributed by atoms with Crippen molar-refractivity contribution < 1.29 is 0 Å². The maximum absolute atomic E-state index is 6.24. The molecule has 0 aliphatic carbocycles. The lowest BCUT2D eigenvalue weighted by molar-refractivity contribution is 0.319. The van der Waals surface area contributed by atoms with E-state index < -0.39 is 0 Å². The number of hydrogen-bond donors (Lipinski definition) is 0. The molecule has 0 N–H and O–H groups in total. The van der Waals surface area contributed by atoms with Crippen molar-refractivity contribution in [2.45, 2.75) is 39.7 Å². The predicted molar refractivity (Wildman–Crippen MR) is 74.1 cm³/mol. The minimum atomic E-state index is 0.237. The molecule has 0 spiro atoms. The quantitative estimate of drug-likeness (QED) is 0.753. The molecule has 0 bridgehead atoms. The molecule has 2 nitrogen and oxygen atoms in total. The number of anilines is 1. The normalized spacial score (nSPS) is 21.0. The van der Waals surface area contributed by atoms with Crippen LogP contribution in [0.2, 0.25) is 10.0 Å². The molecule has 2 rings (SSSR count). The van der Waals surface area contributed by atoms with Gasteiger partial charge in [0, 0.05) is 18.8 Å². The lowest BCUT2D eigenvalue weighted by atomic mass is 9.85. The van der Waals surface area contributed by atoms with Crippen molar-refractivity contribution in [2.24, 2.45) is 5.41 Å². The van der Waals surface area contributed by atoms with Crippen LogP contribution in [0.1, 0.15) is 33.6 Å². The second kappa shape index (κ2) is 4.66. The maximum atomic E-state index is 6.24. The van der Waals surface area contributed by atoms with Crippen LogP contribution in [0.4, 0.5) is 5.82 Å². The van der Waals surface area contributed by atoms with Crippen LogP contribution in [-0.2, 0) is 0 Å². The third kappa shape index (κ3) is 2.69. The van der Waals surface area contributed by atoms with Gasteiger partial charge in [-0.25, -0.2) is 4.98 Å². The van der Waals surface area contributed by atoms with E-state index in [1.54, 1.807) is 12.3 Å². The molecule has 17 heavy (non-hydrogen) atoms. The summed E-state index contributed by atoms with van der Waals surface area (Å²) in [5.74, 6) is 0.869. The van der Waals surface area contributed by atoms with Crippen LogP contribution in [0.5, 0.6) is 0 Å². The van der Waals surface area contributed by atoms with E-state index in [0.29, 0.717) is 16.1 Å². The standard InChI is InChI=1S/C13H18Cl2N2/c1-13(2,3)11-5-4-6-17(11)12-10(15)7-9(14)8-16-12/h7-8,11H,4-6H2,1-3H3. The van der Waals surface area contributed by atoms with Gasteiger partial charge in [-0.05, 0) is 24.3 Å². The first kappa shape index (κ1) is 13.0. The average Bonchev–Trinajstić information content (AvgIpc) is 2.65. The molecule has 1 unspecified atom stereocenters. The highest BCUT2D eigenvalue weighted by molar-refractivity contribution is 6.36. The molecule has 1 aliphatic rings. The van der Waals surface area contributed by atoms with Crippen LogP contribution < -0.4 is 4.90 Å². The van der Waals surface area contributed by atoms with Crippen molar-refractivity contribution in [3.05, 3.63) is 22.3 Å². The van der Waals surface area contributed by atoms with Crippen molar-refractivity contribution in [1.82, 2.24) is 4.98 Å². The van der Waals surface area contributed by atoms with E-state index in [2.05, 4.69) is 30.7 Å². The predicted octanol–water partition coefficient (Wildman–Crippen LogP) is 4.40. The SMILES string of the molecule is CC(C)(C)C1CCCN1c1ncc(Cl)cc1Cl. The van der Waals surface area contributed by atoms with Crippen LogP contribution in [0, 0.1) is 5.41 Å². The maximum Gasteiger partial charge on any atom is 0.147 e. The molecule has 4 heteroatoms. The Morgan fingerprint density at radius 2 is 2.06 bits per heavy atom.